The minimum absolute atomic E-state index is 0.0237. The monoisotopic (exact) mass is 883 g/mol. The number of carbonyl (C=O) groups is 1. The van der Waals surface area contributed by atoms with Gasteiger partial charge in [-0.2, -0.15) is 0 Å². The summed E-state index contributed by atoms with van der Waals surface area (Å²) < 4.78 is 23.2. The van der Waals surface area contributed by atoms with E-state index in [1.54, 1.807) is 6.08 Å². The summed E-state index contributed by atoms with van der Waals surface area (Å²) in [7, 11) is 1.19. The summed E-state index contributed by atoms with van der Waals surface area (Å²) in [6.45, 7) is 4.44. The fraction of sp³-hybridized carbons (Fsp3) is 0.642. The van der Waals surface area contributed by atoms with Gasteiger partial charge in [-0.1, -0.05) is 187 Å². The molecule has 0 aromatic carbocycles. The summed E-state index contributed by atoms with van der Waals surface area (Å²) >= 11 is 0. The summed E-state index contributed by atoms with van der Waals surface area (Å²) in [5.41, 5.74) is 0. The van der Waals surface area contributed by atoms with E-state index in [1.807, 2.05) is 27.2 Å². The van der Waals surface area contributed by atoms with Crippen LogP contribution in [0.25, 0.3) is 0 Å². The normalized spacial score (nSPS) is 15.1. The number of likely N-dealkylation sites (N-methyl/N-ethyl adjacent to an activating group) is 1. The van der Waals surface area contributed by atoms with Crippen LogP contribution in [0.1, 0.15) is 168 Å². The van der Waals surface area contributed by atoms with E-state index in [2.05, 4.69) is 116 Å². The molecule has 0 spiro atoms. The SMILES string of the molecule is CC/C=C\C/C=C\C/C=C\C/C=C\C/C=C\C/C=C\C/C=C\CCCC(=O)NC(COP(=O)([O-])OCC[N+](C)(C)C)C(O)/C=C/CC/C=C/CCCCCCCCCCCCC. The summed E-state index contributed by atoms with van der Waals surface area (Å²) in [5, 5.41) is 13.7. The first-order valence-electron chi connectivity index (χ1n) is 24.2. The number of hydrogen-bond donors (Lipinski definition) is 2. The predicted octanol–water partition coefficient (Wildman–Crippen LogP) is 13.4. The minimum atomic E-state index is -4.62. The fourth-order valence-corrected chi connectivity index (χ4v) is 6.88. The number of carbonyl (C=O) groups excluding carboxylic acids is 1. The van der Waals surface area contributed by atoms with Gasteiger partial charge in [-0.15, -0.1) is 0 Å². The zero-order chi connectivity index (χ0) is 45.7. The van der Waals surface area contributed by atoms with Gasteiger partial charge < -0.3 is 28.8 Å². The van der Waals surface area contributed by atoms with Gasteiger partial charge in [-0.3, -0.25) is 9.36 Å². The van der Waals surface area contributed by atoms with Gasteiger partial charge >= 0.3 is 0 Å². The summed E-state index contributed by atoms with van der Waals surface area (Å²) in [5.74, 6) is -0.270. The highest BCUT2D eigenvalue weighted by Gasteiger charge is 2.23. The second-order valence-electron chi connectivity index (χ2n) is 17.1. The Morgan fingerprint density at radius 3 is 1.50 bits per heavy atom. The molecule has 0 rings (SSSR count). The molecule has 0 fully saturated rings. The highest BCUT2D eigenvalue weighted by Crippen LogP contribution is 2.38. The standard InChI is InChI=1S/C53H91N2O6P/c1-6-8-10-12-14-16-18-20-22-24-25-26-27-28-29-31-33-35-37-39-41-43-45-47-53(57)54-51(50-61-62(58,59)60-49-48-55(3,4)5)52(56)46-44-42-40-38-36-34-32-30-23-21-19-17-15-13-11-9-7-2/h8,10,14,16,20,22,25-26,28-29,33,35-36,38-39,41,44,46,51-52,56H,6-7,9,11-13,15,17-19,21,23-24,27,30-32,34,37,40,42-43,45,47-50H2,1-5H3,(H-,54,57,58,59)/b10-8-,16-14-,22-20-,26-25-,29-28-,35-33-,38-36+,41-39-,46-44+. The van der Waals surface area contributed by atoms with Gasteiger partial charge in [0.2, 0.25) is 5.91 Å². The molecule has 0 aliphatic rings. The Hall–Kier alpha value is -2.84. The maximum absolute atomic E-state index is 12.9. The van der Waals surface area contributed by atoms with Crippen molar-refractivity contribution in [1.29, 1.82) is 0 Å². The number of rotatable bonds is 42. The van der Waals surface area contributed by atoms with E-state index in [-0.39, 0.29) is 18.9 Å². The lowest BCUT2D eigenvalue weighted by atomic mass is 10.1. The summed E-state index contributed by atoms with van der Waals surface area (Å²) in [6.07, 6.45) is 62.9. The molecule has 1 amide bonds. The molecule has 2 N–H and O–H groups in total. The Balaban J connectivity index is 4.55. The van der Waals surface area contributed by atoms with Crippen molar-refractivity contribution in [3.05, 3.63) is 109 Å². The molecule has 0 saturated carbocycles. The summed E-state index contributed by atoms with van der Waals surface area (Å²) in [4.78, 5) is 25.3. The average Bonchev–Trinajstić information content (AvgIpc) is 3.23. The largest absolute Gasteiger partial charge is 0.756 e. The quantitative estimate of drug-likeness (QED) is 0.0274. The van der Waals surface area contributed by atoms with Crippen LogP contribution in [-0.4, -0.2) is 68.5 Å². The first kappa shape index (κ1) is 59.2. The molecule has 0 heterocycles. The Bertz CT molecular complexity index is 1370. The number of aliphatic hydroxyl groups excluding tert-OH is 1. The van der Waals surface area contributed by atoms with Crippen LogP contribution in [0.5, 0.6) is 0 Å². The fourth-order valence-electron chi connectivity index (χ4n) is 6.16. The molecule has 62 heavy (non-hydrogen) atoms. The highest BCUT2D eigenvalue weighted by atomic mass is 31.2. The van der Waals surface area contributed by atoms with E-state index in [0.29, 0.717) is 17.4 Å². The van der Waals surface area contributed by atoms with Crippen LogP contribution in [0.2, 0.25) is 0 Å². The molecule has 0 saturated heterocycles. The van der Waals surface area contributed by atoms with E-state index >= 15 is 0 Å². The number of unbranched alkanes of at least 4 members (excludes halogenated alkanes) is 13. The molecule has 9 heteroatoms. The van der Waals surface area contributed by atoms with Crippen molar-refractivity contribution < 1.29 is 32.9 Å². The van der Waals surface area contributed by atoms with Crippen molar-refractivity contribution in [1.82, 2.24) is 5.32 Å². The molecule has 3 unspecified atom stereocenters. The molecule has 0 radical (unpaired) electrons. The maximum atomic E-state index is 12.9. The van der Waals surface area contributed by atoms with Gasteiger partial charge in [0.15, 0.2) is 0 Å². The van der Waals surface area contributed by atoms with Crippen LogP contribution in [0.4, 0.5) is 0 Å². The average molecular weight is 883 g/mol. The third-order valence-corrected chi connectivity index (χ3v) is 10.9. The van der Waals surface area contributed by atoms with Crippen LogP contribution in [0, 0.1) is 0 Å². The van der Waals surface area contributed by atoms with Crippen molar-refractivity contribution in [3.8, 4) is 0 Å². The first-order chi connectivity index (χ1) is 30.0. The molecule has 8 nitrogen and oxygen atoms in total. The zero-order valence-electron chi connectivity index (χ0n) is 40.0. The van der Waals surface area contributed by atoms with Gasteiger partial charge in [0.1, 0.15) is 13.2 Å². The van der Waals surface area contributed by atoms with E-state index in [0.717, 1.165) is 70.6 Å². The number of quaternary nitrogens is 1. The van der Waals surface area contributed by atoms with Crippen molar-refractivity contribution in [2.24, 2.45) is 0 Å². The molecular formula is C53H91N2O6P. The summed E-state index contributed by atoms with van der Waals surface area (Å²) in [6, 6.07) is -0.941. The number of phosphoric acid groups is 1. The number of nitrogens with zero attached hydrogens (tertiary/aromatic N) is 1. The van der Waals surface area contributed by atoms with Crippen molar-refractivity contribution in [2.45, 2.75) is 180 Å². The third kappa shape index (κ3) is 45.2. The lowest BCUT2D eigenvalue weighted by molar-refractivity contribution is -0.870. The smallest absolute Gasteiger partial charge is 0.268 e. The Morgan fingerprint density at radius 2 is 1.00 bits per heavy atom. The molecule has 0 aromatic rings. The molecule has 354 valence electrons. The van der Waals surface area contributed by atoms with Crippen LogP contribution in [0.3, 0.4) is 0 Å². The Morgan fingerprint density at radius 1 is 0.581 bits per heavy atom. The Kier molecular flexibility index (Phi) is 41.4. The lowest BCUT2D eigenvalue weighted by Crippen LogP contribution is -2.45. The Labute approximate surface area is 381 Å². The molecule has 0 bridgehead atoms. The van der Waals surface area contributed by atoms with Crippen LogP contribution in [-0.2, 0) is 18.4 Å². The third-order valence-electron chi connectivity index (χ3n) is 9.97. The highest BCUT2D eigenvalue weighted by molar-refractivity contribution is 7.45. The molecule has 3 atom stereocenters. The number of phosphoric ester groups is 1. The van der Waals surface area contributed by atoms with Crippen molar-refractivity contribution in [3.63, 3.8) is 0 Å². The van der Waals surface area contributed by atoms with Crippen LogP contribution in [0.15, 0.2) is 109 Å². The number of hydrogen-bond acceptors (Lipinski definition) is 6. The molecule has 0 aromatic heterocycles. The second kappa shape index (κ2) is 43.4. The van der Waals surface area contributed by atoms with Gasteiger partial charge in [0, 0.05) is 6.42 Å². The number of nitrogens with one attached hydrogen (secondary N) is 1. The van der Waals surface area contributed by atoms with Gasteiger partial charge in [-0.05, 0) is 83.5 Å². The van der Waals surface area contributed by atoms with Gasteiger partial charge in [-0.25, -0.2) is 0 Å². The van der Waals surface area contributed by atoms with E-state index < -0.39 is 26.6 Å². The minimum Gasteiger partial charge on any atom is -0.756 e. The number of amides is 1. The molecule has 0 aliphatic carbocycles. The maximum Gasteiger partial charge on any atom is 0.268 e. The van der Waals surface area contributed by atoms with E-state index in [1.165, 1.54) is 70.6 Å². The first-order valence-corrected chi connectivity index (χ1v) is 25.7. The van der Waals surface area contributed by atoms with Gasteiger partial charge in [0.25, 0.3) is 7.82 Å². The predicted molar refractivity (Wildman–Crippen MR) is 265 cm³/mol. The van der Waals surface area contributed by atoms with Gasteiger partial charge in [0.05, 0.1) is 39.9 Å². The number of aliphatic hydroxyl groups is 1. The molecular weight excluding hydrogens is 792 g/mol. The zero-order valence-corrected chi connectivity index (χ0v) is 40.9. The van der Waals surface area contributed by atoms with E-state index in [9.17, 15) is 19.4 Å². The molecule has 0 aliphatic heterocycles. The van der Waals surface area contributed by atoms with Crippen molar-refractivity contribution in [2.75, 3.05) is 40.9 Å². The van der Waals surface area contributed by atoms with Crippen LogP contribution < -0.4 is 10.2 Å². The van der Waals surface area contributed by atoms with E-state index in [4.69, 9.17) is 9.05 Å². The number of allylic oxidation sites excluding steroid dienone is 17. The van der Waals surface area contributed by atoms with Crippen LogP contribution >= 0.6 is 7.82 Å². The van der Waals surface area contributed by atoms with Crippen molar-refractivity contribution >= 4 is 13.7 Å². The lowest BCUT2D eigenvalue weighted by Gasteiger charge is -2.29. The topological polar surface area (TPSA) is 108 Å². The second-order valence-corrected chi connectivity index (χ2v) is 18.5.